The number of hydrogen-bond donors (Lipinski definition) is 2. The molecule has 1 heterocycles. The number of carbonyl (C=O) groups is 1. The Labute approximate surface area is 210 Å². The van der Waals surface area contributed by atoms with E-state index in [1.54, 1.807) is 24.3 Å². The van der Waals surface area contributed by atoms with E-state index in [1.807, 2.05) is 70.2 Å². The topological polar surface area (TPSA) is 85.2 Å². The van der Waals surface area contributed by atoms with Crippen LogP contribution in [0.25, 0.3) is 5.69 Å². The van der Waals surface area contributed by atoms with E-state index in [2.05, 4.69) is 15.7 Å². The van der Waals surface area contributed by atoms with Gasteiger partial charge in [-0.25, -0.2) is 0 Å². The van der Waals surface area contributed by atoms with Gasteiger partial charge in [0, 0.05) is 17.8 Å². The van der Waals surface area contributed by atoms with Crippen LogP contribution in [-0.4, -0.2) is 22.2 Å². The maximum absolute atomic E-state index is 13.6. The van der Waals surface area contributed by atoms with Crippen LogP contribution in [0.4, 0.5) is 11.4 Å². The fourth-order valence-electron chi connectivity index (χ4n) is 3.63. The van der Waals surface area contributed by atoms with Crippen LogP contribution in [0.3, 0.4) is 0 Å². The molecule has 0 saturated heterocycles. The maximum Gasteiger partial charge on any atom is 0.299 e. The first-order valence-electron chi connectivity index (χ1n) is 12.0. The van der Waals surface area contributed by atoms with E-state index in [0.29, 0.717) is 29.2 Å². The minimum atomic E-state index is -0.374. The maximum atomic E-state index is 13.6. The smallest absolute Gasteiger partial charge is 0.299 e. The van der Waals surface area contributed by atoms with Crippen LogP contribution >= 0.6 is 0 Å². The predicted molar refractivity (Wildman–Crippen MR) is 143 cm³/mol. The Morgan fingerprint density at radius 2 is 1.75 bits per heavy atom. The average Bonchev–Trinajstić information content (AvgIpc) is 2.88. The monoisotopic (exact) mass is 482 g/mol. The first kappa shape index (κ1) is 24.7. The lowest BCUT2D eigenvalue weighted by atomic mass is 10.1. The zero-order valence-corrected chi connectivity index (χ0v) is 21.0. The summed E-state index contributed by atoms with van der Waals surface area (Å²) in [6.45, 7) is 8.61. The standard InChI is InChI=1S/C29H30N4O3/c1-5-15-30-28(34)22-7-6-8-23(17-22)32-27-26(36-25-14-11-20(3)21(4)16-25)18-31-33(29(27)35)24-12-9-19(2)10-13-24/h6-14,16-18,32H,5,15H2,1-4H3,(H,30,34). The summed E-state index contributed by atoms with van der Waals surface area (Å²) in [6, 6.07) is 20.3. The molecular formula is C29H30N4O3. The highest BCUT2D eigenvalue weighted by Crippen LogP contribution is 2.30. The third kappa shape index (κ3) is 5.63. The molecule has 4 aromatic rings. The molecule has 36 heavy (non-hydrogen) atoms. The van der Waals surface area contributed by atoms with Crippen molar-refractivity contribution < 1.29 is 9.53 Å². The van der Waals surface area contributed by atoms with Gasteiger partial charge in [0.25, 0.3) is 11.5 Å². The normalized spacial score (nSPS) is 10.7. The summed E-state index contributed by atoms with van der Waals surface area (Å²) < 4.78 is 7.45. The van der Waals surface area contributed by atoms with Crippen LogP contribution in [0, 0.1) is 20.8 Å². The molecule has 1 aromatic heterocycles. The number of hydrogen-bond acceptors (Lipinski definition) is 5. The van der Waals surface area contributed by atoms with E-state index in [1.165, 1.54) is 10.9 Å². The second kappa shape index (κ2) is 10.9. The third-order valence-corrected chi connectivity index (χ3v) is 5.86. The van der Waals surface area contributed by atoms with Gasteiger partial charge in [0.1, 0.15) is 5.75 Å². The summed E-state index contributed by atoms with van der Waals surface area (Å²) in [6.07, 6.45) is 2.37. The molecule has 0 fully saturated rings. The molecule has 0 bridgehead atoms. The number of rotatable bonds is 8. The van der Waals surface area contributed by atoms with Crippen molar-refractivity contribution in [3.05, 3.63) is 106 Å². The zero-order valence-electron chi connectivity index (χ0n) is 21.0. The van der Waals surface area contributed by atoms with Crippen molar-refractivity contribution >= 4 is 17.3 Å². The lowest BCUT2D eigenvalue weighted by molar-refractivity contribution is 0.0953. The van der Waals surface area contributed by atoms with Gasteiger partial charge in [-0.1, -0.05) is 36.8 Å². The molecule has 0 aliphatic carbocycles. The quantitative estimate of drug-likeness (QED) is 0.330. The van der Waals surface area contributed by atoms with Crippen molar-refractivity contribution in [2.75, 3.05) is 11.9 Å². The van der Waals surface area contributed by atoms with E-state index in [-0.39, 0.29) is 22.9 Å². The van der Waals surface area contributed by atoms with Gasteiger partial charge in [0.05, 0.1) is 11.9 Å². The van der Waals surface area contributed by atoms with E-state index in [4.69, 9.17) is 4.74 Å². The van der Waals surface area contributed by atoms with Crippen molar-refractivity contribution in [1.29, 1.82) is 0 Å². The highest BCUT2D eigenvalue weighted by molar-refractivity contribution is 5.95. The molecule has 2 N–H and O–H groups in total. The Morgan fingerprint density at radius 1 is 0.972 bits per heavy atom. The average molecular weight is 483 g/mol. The number of benzene rings is 3. The number of nitrogens with one attached hydrogen (secondary N) is 2. The van der Waals surface area contributed by atoms with Crippen LogP contribution in [0.15, 0.2) is 77.7 Å². The Bertz CT molecular complexity index is 1440. The van der Waals surface area contributed by atoms with Gasteiger partial charge in [-0.3, -0.25) is 9.59 Å². The molecule has 184 valence electrons. The Hall–Kier alpha value is -4.39. The van der Waals surface area contributed by atoms with E-state index < -0.39 is 0 Å². The Kier molecular flexibility index (Phi) is 7.49. The largest absolute Gasteiger partial charge is 0.453 e. The van der Waals surface area contributed by atoms with Gasteiger partial charge in [-0.05, 0) is 80.8 Å². The van der Waals surface area contributed by atoms with Crippen LogP contribution in [-0.2, 0) is 0 Å². The van der Waals surface area contributed by atoms with Crippen LogP contribution < -0.4 is 20.9 Å². The predicted octanol–water partition coefficient (Wildman–Crippen LogP) is 5.83. The molecule has 4 rings (SSSR count). The molecule has 7 nitrogen and oxygen atoms in total. The summed E-state index contributed by atoms with van der Waals surface area (Å²) in [7, 11) is 0. The first-order chi connectivity index (χ1) is 17.4. The van der Waals surface area contributed by atoms with Crippen molar-refractivity contribution in [2.45, 2.75) is 34.1 Å². The summed E-state index contributed by atoms with van der Waals surface area (Å²) in [5.41, 5.74) is 4.87. The van der Waals surface area contributed by atoms with Gasteiger partial charge < -0.3 is 15.4 Å². The van der Waals surface area contributed by atoms with Gasteiger partial charge in [-0.2, -0.15) is 9.78 Å². The first-order valence-corrected chi connectivity index (χ1v) is 12.0. The molecule has 1 amide bonds. The Morgan fingerprint density at radius 3 is 2.47 bits per heavy atom. The molecular weight excluding hydrogens is 452 g/mol. The van der Waals surface area contributed by atoms with Gasteiger partial charge in [0.15, 0.2) is 11.4 Å². The molecule has 0 spiro atoms. The summed E-state index contributed by atoms with van der Waals surface area (Å²) in [5.74, 6) is 0.717. The van der Waals surface area contributed by atoms with Gasteiger partial charge in [0.2, 0.25) is 0 Å². The van der Waals surface area contributed by atoms with Crippen molar-refractivity contribution in [2.24, 2.45) is 0 Å². The summed E-state index contributed by atoms with van der Waals surface area (Å²) >= 11 is 0. The number of aryl methyl sites for hydroxylation is 3. The minimum absolute atomic E-state index is 0.168. The lowest BCUT2D eigenvalue weighted by Crippen LogP contribution is -2.25. The molecule has 0 atom stereocenters. The fraction of sp³-hybridized carbons (Fsp3) is 0.207. The van der Waals surface area contributed by atoms with Crippen LogP contribution in [0.2, 0.25) is 0 Å². The number of nitrogens with zero attached hydrogens (tertiary/aromatic N) is 2. The summed E-state index contributed by atoms with van der Waals surface area (Å²) in [5, 5.41) is 10.4. The van der Waals surface area contributed by atoms with Crippen LogP contribution in [0.1, 0.15) is 40.4 Å². The van der Waals surface area contributed by atoms with E-state index in [9.17, 15) is 9.59 Å². The number of aromatic nitrogens is 2. The van der Waals surface area contributed by atoms with Crippen molar-refractivity contribution in [3.8, 4) is 17.2 Å². The molecule has 7 heteroatoms. The van der Waals surface area contributed by atoms with Gasteiger partial charge in [-0.15, -0.1) is 0 Å². The molecule has 0 aliphatic rings. The molecule has 0 unspecified atom stereocenters. The van der Waals surface area contributed by atoms with Crippen molar-refractivity contribution in [1.82, 2.24) is 15.1 Å². The molecule has 0 aliphatic heterocycles. The van der Waals surface area contributed by atoms with Crippen molar-refractivity contribution in [3.63, 3.8) is 0 Å². The zero-order chi connectivity index (χ0) is 25.7. The molecule has 0 radical (unpaired) electrons. The number of carbonyl (C=O) groups excluding carboxylic acids is 1. The fourth-order valence-corrected chi connectivity index (χ4v) is 3.63. The van der Waals surface area contributed by atoms with Crippen LogP contribution in [0.5, 0.6) is 11.5 Å². The highest BCUT2D eigenvalue weighted by Gasteiger charge is 2.16. The SMILES string of the molecule is CCCNC(=O)c1cccc(Nc2c(Oc3ccc(C)c(C)c3)cnn(-c3ccc(C)cc3)c2=O)c1. The highest BCUT2D eigenvalue weighted by atomic mass is 16.5. The third-order valence-electron chi connectivity index (χ3n) is 5.86. The van der Waals surface area contributed by atoms with E-state index in [0.717, 1.165) is 23.1 Å². The number of ether oxygens (including phenoxy) is 1. The van der Waals surface area contributed by atoms with E-state index >= 15 is 0 Å². The molecule has 3 aromatic carbocycles. The molecule has 0 saturated carbocycles. The summed E-state index contributed by atoms with van der Waals surface area (Å²) in [4.78, 5) is 26.1. The Balaban J connectivity index is 1.75. The number of anilines is 2. The van der Waals surface area contributed by atoms with Gasteiger partial charge >= 0.3 is 0 Å². The second-order valence-electron chi connectivity index (χ2n) is 8.75. The lowest BCUT2D eigenvalue weighted by Gasteiger charge is -2.15. The second-order valence-corrected chi connectivity index (χ2v) is 8.75. The number of amides is 1. The minimum Gasteiger partial charge on any atom is -0.453 e.